The Kier molecular flexibility index (Phi) is 3.84. The Hall–Kier alpha value is -1.73. The molecule has 0 aliphatic rings. The number of hydrogen-bond acceptors (Lipinski definition) is 1. The third-order valence-electron chi connectivity index (χ3n) is 2.66. The van der Waals surface area contributed by atoms with Crippen LogP contribution in [0.15, 0.2) is 60.7 Å². The van der Waals surface area contributed by atoms with E-state index in [4.69, 9.17) is 12.2 Å². The van der Waals surface area contributed by atoms with Gasteiger partial charge >= 0.3 is 0 Å². The third-order valence-corrected chi connectivity index (χ3v) is 3.03. The summed E-state index contributed by atoms with van der Waals surface area (Å²) in [6.07, 6.45) is 4.07. The first kappa shape index (κ1) is 11.7. The lowest BCUT2D eigenvalue weighted by atomic mass is 10.1. The standard InChI is InChI=1S/C16H14S/c1-13-7-5-6-8-14(13)11-12-16(17)15-9-3-2-4-10-15/h2-12H,1H3. The Morgan fingerprint density at radius 2 is 1.59 bits per heavy atom. The summed E-state index contributed by atoms with van der Waals surface area (Å²) in [5, 5.41) is 0. The van der Waals surface area contributed by atoms with E-state index in [1.165, 1.54) is 11.1 Å². The van der Waals surface area contributed by atoms with E-state index in [0.29, 0.717) is 0 Å². The van der Waals surface area contributed by atoms with Gasteiger partial charge in [-0.2, -0.15) is 0 Å². The van der Waals surface area contributed by atoms with Crippen LogP contribution in [0.25, 0.3) is 6.08 Å². The predicted molar refractivity (Wildman–Crippen MR) is 78.4 cm³/mol. The summed E-state index contributed by atoms with van der Waals surface area (Å²) in [6.45, 7) is 2.10. The molecule has 0 heterocycles. The Morgan fingerprint density at radius 3 is 2.29 bits per heavy atom. The molecule has 0 fully saturated rings. The van der Waals surface area contributed by atoms with Crippen LogP contribution in [0.3, 0.4) is 0 Å². The zero-order chi connectivity index (χ0) is 12.1. The van der Waals surface area contributed by atoms with Crippen LogP contribution < -0.4 is 0 Å². The number of aryl methyl sites for hydroxylation is 1. The molecular formula is C16H14S. The second-order valence-corrected chi connectivity index (χ2v) is 4.36. The highest BCUT2D eigenvalue weighted by Gasteiger charge is 1.96. The van der Waals surface area contributed by atoms with Crippen LogP contribution in [0.5, 0.6) is 0 Å². The van der Waals surface area contributed by atoms with Crippen molar-refractivity contribution in [1.82, 2.24) is 0 Å². The highest BCUT2D eigenvalue weighted by atomic mass is 32.1. The quantitative estimate of drug-likeness (QED) is 0.433. The zero-order valence-electron chi connectivity index (χ0n) is 9.76. The molecule has 1 heteroatoms. The van der Waals surface area contributed by atoms with Crippen LogP contribution in [0.2, 0.25) is 0 Å². The van der Waals surface area contributed by atoms with Crippen molar-refractivity contribution < 1.29 is 0 Å². The normalized spacial score (nSPS) is 10.6. The van der Waals surface area contributed by atoms with E-state index < -0.39 is 0 Å². The molecule has 0 nitrogen and oxygen atoms in total. The summed E-state index contributed by atoms with van der Waals surface area (Å²) in [4.78, 5) is 0.869. The van der Waals surface area contributed by atoms with Gasteiger partial charge in [-0.25, -0.2) is 0 Å². The lowest BCUT2D eigenvalue weighted by Gasteiger charge is -2.00. The third kappa shape index (κ3) is 3.11. The van der Waals surface area contributed by atoms with Crippen LogP contribution in [0.4, 0.5) is 0 Å². The molecule has 0 radical (unpaired) electrons. The molecule has 84 valence electrons. The molecule has 0 unspecified atom stereocenters. The van der Waals surface area contributed by atoms with Crippen molar-refractivity contribution in [2.24, 2.45) is 0 Å². The zero-order valence-corrected chi connectivity index (χ0v) is 10.6. The molecular weight excluding hydrogens is 224 g/mol. The number of allylic oxidation sites excluding steroid dienone is 1. The Morgan fingerprint density at radius 1 is 0.941 bits per heavy atom. The molecule has 2 aromatic carbocycles. The molecule has 0 saturated heterocycles. The van der Waals surface area contributed by atoms with E-state index in [1.807, 2.05) is 48.5 Å². The minimum Gasteiger partial charge on any atom is -0.0795 e. The van der Waals surface area contributed by atoms with Crippen LogP contribution in [0.1, 0.15) is 16.7 Å². The molecule has 0 aliphatic heterocycles. The fourth-order valence-corrected chi connectivity index (χ4v) is 1.84. The highest BCUT2D eigenvalue weighted by Crippen LogP contribution is 2.10. The molecule has 0 bridgehead atoms. The van der Waals surface area contributed by atoms with Gasteiger partial charge in [0.1, 0.15) is 0 Å². The molecule has 17 heavy (non-hydrogen) atoms. The van der Waals surface area contributed by atoms with Crippen molar-refractivity contribution in [2.45, 2.75) is 6.92 Å². The molecule has 0 N–H and O–H groups in total. The summed E-state index contributed by atoms with van der Waals surface area (Å²) < 4.78 is 0. The van der Waals surface area contributed by atoms with Gasteiger partial charge in [0.2, 0.25) is 0 Å². The SMILES string of the molecule is Cc1ccccc1C=CC(=S)c1ccccc1. The maximum absolute atomic E-state index is 5.38. The smallest absolute Gasteiger partial charge is 0.0449 e. The van der Waals surface area contributed by atoms with E-state index in [0.717, 1.165) is 10.4 Å². The van der Waals surface area contributed by atoms with Crippen LogP contribution in [-0.4, -0.2) is 4.86 Å². The highest BCUT2D eigenvalue weighted by molar-refractivity contribution is 7.81. The van der Waals surface area contributed by atoms with Crippen molar-refractivity contribution in [2.75, 3.05) is 0 Å². The maximum Gasteiger partial charge on any atom is 0.0449 e. The van der Waals surface area contributed by atoms with Gasteiger partial charge in [0, 0.05) is 4.86 Å². The van der Waals surface area contributed by atoms with Crippen molar-refractivity contribution in [3.63, 3.8) is 0 Å². The lowest BCUT2D eigenvalue weighted by Crippen LogP contribution is -1.91. The fraction of sp³-hybridized carbons (Fsp3) is 0.0625. The molecule has 0 amide bonds. The summed E-state index contributed by atoms with van der Waals surface area (Å²) in [6, 6.07) is 18.4. The lowest BCUT2D eigenvalue weighted by molar-refractivity contribution is 1.44. The minimum atomic E-state index is 0.869. The number of benzene rings is 2. The van der Waals surface area contributed by atoms with Gasteiger partial charge in [0.05, 0.1) is 0 Å². The molecule has 0 atom stereocenters. The summed E-state index contributed by atoms with van der Waals surface area (Å²) in [5.41, 5.74) is 3.57. The molecule has 0 aromatic heterocycles. The molecule has 0 saturated carbocycles. The van der Waals surface area contributed by atoms with Gasteiger partial charge in [-0.05, 0) is 29.7 Å². The maximum atomic E-state index is 5.38. The van der Waals surface area contributed by atoms with Crippen molar-refractivity contribution in [1.29, 1.82) is 0 Å². The average molecular weight is 238 g/mol. The second-order valence-electron chi connectivity index (χ2n) is 3.92. The number of thiocarbonyl (C=S) groups is 1. The monoisotopic (exact) mass is 238 g/mol. The van der Waals surface area contributed by atoms with Crippen molar-refractivity contribution in [3.8, 4) is 0 Å². The van der Waals surface area contributed by atoms with Gasteiger partial charge in [-0.1, -0.05) is 72.9 Å². The predicted octanol–water partition coefficient (Wildman–Crippen LogP) is 4.43. The first-order valence-electron chi connectivity index (χ1n) is 5.60. The largest absolute Gasteiger partial charge is 0.0795 e. The average Bonchev–Trinajstić information content (AvgIpc) is 2.38. The van der Waals surface area contributed by atoms with Gasteiger partial charge in [0.25, 0.3) is 0 Å². The first-order chi connectivity index (χ1) is 8.27. The fourth-order valence-electron chi connectivity index (χ4n) is 1.64. The Labute approximate surface area is 108 Å². The number of rotatable bonds is 3. The number of hydrogen-bond donors (Lipinski definition) is 0. The van der Waals surface area contributed by atoms with E-state index >= 15 is 0 Å². The van der Waals surface area contributed by atoms with E-state index in [9.17, 15) is 0 Å². The topological polar surface area (TPSA) is 0 Å². The van der Waals surface area contributed by atoms with Gasteiger partial charge < -0.3 is 0 Å². The Bertz CT molecular complexity index is 538. The van der Waals surface area contributed by atoms with E-state index in [-0.39, 0.29) is 0 Å². The van der Waals surface area contributed by atoms with Gasteiger partial charge in [0.15, 0.2) is 0 Å². The first-order valence-corrected chi connectivity index (χ1v) is 6.01. The molecule has 2 rings (SSSR count). The second kappa shape index (κ2) is 5.55. The van der Waals surface area contributed by atoms with E-state index in [2.05, 4.69) is 25.1 Å². The summed E-state index contributed by atoms with van der Waals surface area (Å²) in [7, 11) is 0. The van der Waals surface area contributed by atoms with Crippen LogP contribution >= 0.6 is 12.2 Å². The van der Waals surface area contributed by atoms with Crippen molar-refractivity contribution in [3.05, 3.63) is 77.4 Å². The summed E-state index contributed by atoms with van der Waals surface area (Å²) in [5.74, 6) is 0. The molecule has 2 aromatic rings. The Balaban J connectivity index is 2.17. The van der Waals surface area contributed by atoms with Gasteiger partial charge in [-0.15, -0.1) is 0 Å². The van der Waals surface area contributed by atoms with E-state index in [1.54, 1.807) is 0 Å². The van der Waals surface area contributed by atoms with Gasteiger partial charge in [-0.3, -0.25) is 0 Å². The van der Waals surface area contributed by atoms with Crippen molar-refractivity contribution >= 4 is 23.2 Å². The molecule has 0 aliphatic carbocycles. The molecule has 0 spiro atoms. The van der Waals surface area contributed by atoms with Crippen LogP contribution in [0, 0.1) is 6.92 Å². The summed E-state index contributed by atoms with van der Waals surface area (Å²) >= 11 is 5.38. The minimum absolute atomic E-state index is 0.869. The van der Waals surface area contributed by atoms with Crippen LogP contribution in [-0.2, 0) is 0 Å².